The molecule has 0 spiro atoms. The first-order valence-electron chi connectivity index (χ1n) is 5.40. The Balaban J connectivity index is 1.54. The highest BCUT2D eigenvalue weighted by Crippen LogP contribution is 2.27. The minimum absolute atomic E-state index is 0.689. The van der Waals surface area contributed by atoms with Crippen LogP contribution in [0.25, 0.3) is 0 Å². The summed E-state index contributed by atoms with van der Waals surface area (Å²) in [6.45, 7) is 4.72. The average molecular weight is 192 g/mol. The molecular weight excluding hydrogens is 176 g/mol. The first kappa shape index (κ1) is 8.50. The maximum absolute atomic E-state index is 5.30. The molecule has 2 fully saturated rings. The van der Waals surface area contributed by atoms with E-state index in [1.807, 2.05) is 12.1 Å². The van der Waals surface area contributed by atoms with E-state index in [2.05, 4.69) is 10.2 Å². The molecule has 3 atom stereocenters. The third-order valence-corrected chi connectivity index (χ3v) is 3.45. The summed E-state index contributed by atoms with van der Waals surface area (Å²) in [5.41, 5.74) is 0. The van der Waals surface area contributed by atoms with E-state index in [0.717, 1.165) is 18.2 Å². The molecule has 0 saturated carbocycles. The van der Waals surface area contributed by atoms with Crippen LogP contribution in [0, 0.1) is 5.92 Å². The molecule has 0 aliphatic carbocycles. The summed E-state index contributed by atoms with van der Waals surface area (Å²) in [4.78, 5) is 2.55. The summed E-state index contributed by atoms with van der Waals surface area (Å²) in [5.74, 6) is 1.92. The molecule has 1 aromatic rings. The molecule has 1 aromatic heterocycles. The van der Waals surface area contributed by atoms with Gasteiger partial charge in [-0.2, -0.15) is 0 Å². The van der Waals surface area contributed by atoms with Gasteiger partial charge in [0, 0.05) is 19.1 Å². The highest BCUT2D eigenvalue weighted by atomic mass is 16.3. The van der Waals surface area contributed by atoms with E-state index in [1.54, 1.807) is 6.26 Å². The number of hydrogen-bond acceptors (Lipinski definition) is 3. The van der Waals surface area contributed by atoms with Gasteiger partial charge in [-0.1, -0.05) is 0 Å². The topological polar surface area (TPSA) is 28.4 Å². The van der Waals surface area contributed by atoms with Crippen molar-refractivity contribution in [3.05, 3.63) is 24.2 Å². The summed E-state index contributed by atoms with van der Waals surface area (Å²) in [6, 6.07) is 4.66. The molecule has 2 saturated heterocycles. The Labute approximate surface area is 84.1 Å². The Bertz CT molecular complexity index is 296. The first-order chi connectivity index (χ1) is 6.92. The minimum atomic E-state index is 0.689. The van der Waals surface area contributed by atoms with Crippen molar-refractivity contribution in [3.8, 4) is 0 Å². The molecule has 2 aliphatic heterocycles. The monoisotopic (exact) mass is 192 g/mol. The smallest absolute Gasteiger partial charge is 0.117 e. The molecule has 2 aliphatic rings. The third kappa shape index (κ3) is 1.47. The predicted octanol–water partition coefficient (Wildman–Crippen LogP) is 1.07. The van der Waals surface area contributed by atoms with Crippen LogP contribution in [-0.4, -0.2) is 30.6 Å². The molecule has 0 radical (unpaired) electrons. The van der Waals surface area contributed by atoms with Gasteiger partial charge in [0.05, 0.1) is 12.8 Å². The Kier molecular flexibility index (Phi) is 2.07. The molecular formula is C11H16N2O. The van der Waals surface area contributed by atoms with Crippen LogP contribution in [0.2, 0.25) is 0 Å². The van der Waals surface area contributed by atoms with Crippen LogP contribution in [0.1, 0.15) is 12.2 Å². The number of piperidine rings is 1. The molecule has 1 N–H and O–H groups in total. The van der Waals surface area contributed by atoms with Crippen LogP contribution in [0.3, 0.4) is 0 Å². The fourth-order valence-electron chi connectivity index (χ4n) is 2.66. The zero-order valence-corrected chi connectivity index (χ0v) is 8.28. The Morgan fingerprint density at radius 1 is 1.50 bits per heavy atom. The van der Waals surface area contributed by atoms with Gasteiger partial charge in [0.1, 0.15) is 5.76 Å². The second-order valence-corrected chi connectivity index (χ2v) is 4.38. The molecule has 3 rings (SSSR count). The van der Waals surface area contributed by atoms with E-state index in [9.17, 15) is 0 Å². The standard InChI is InChI=1S/C11H16N2O/c1-2-10(14-5-1)6-12-11-8-13-4-3-9(11)7-13/h1-2,5,9,11-12H,3-4,6-8H2. The Morgan fingerprint density at radius 2 is 2.50 bits per heavy atom. The number of hydrogen-bond donors (Lipinski definition) is 1. The number of furan rings is 1. The number of nitrogens with zero attached hydrogens (tertiary/aromatic N) is 1. The highest BCUT2D eigenvalue weighted by Gasteiger charge is 2.37. The van der Waals surface area contributed by atoms with Gasteiger partial charge in [-0.3, -0.25) is 0 Å². The van der Waals surface area contributed by atoms with Crippen molar-refractivity contribution in [3.63, 3.8) is 0 Å². The molecule has 3 unspecified atom stereocenters. The van der Waals surface area contributed by atoms with Crippen LogP contribution < -0.4 is 5.32 Å². The summed E-state index contributed by atoms with van der Waals surface area (Å²) < 4.78 is 5.30. The van der Waals surface area contributed by atoms with Crippen molar-refractivity contribution < 1.29 is 4.42 Å². The fourth-order valence-corrected chi connectivity index (χ4v) is 2.66. The van der Waals surface area contributed by atoms with Crippen molar-refractivity contribution in [1.82, 2.24) is 10.2 Å². The first-order valence-corrected chi connectivity index (χ1v) is 5.40. The van der Waals surface area contributed by atoms with Crippen molar-refractivity contribution in [1.29, 1.82) is 0 Å². The van der Waals surface area contributed by atoms with Crippen molar-refractivity contribution in [2.24, 2.45) is 5.92 Å². The summed E-state index contributed by atoms with van der Waals surface area (Å²) in [6.07, 6.45) is 3.11. The maximum Gasteiger partial charge on any atom is 0.117 e. The molecule has 14 heavy (non-hydrogen) atoms. The lowest BCUT2D eigenvalue weighted by atomic mass is 10.0. The van der Waals surface area contributed by atoms with Crippen molar-refractivity contribution >= 4 is 0 Å². The predicted molar refractivity (Wildman–Crippen MR) is 53.9 cm³/mol. The quantitative estimate of drug-likeness (QED) is 0.776. The lowest BCUT2D eigenvalue weighted by molar-refractivity contribution is 0.308. The maximum atomic E-state index is 5.30. The lowest BCUT2D eigenvalue weighted by Crippen LogP contribution is -2.39. The second kappa shape index (κ2) is 3.41. The van der Waals surface area contributed by atoms with Gasteiger partial charge in [-0.05, 0) is 31.0 Å². The molecule has 3 heteroatoms. The van der Waals surface area contributed by atoms with Gasteiger partial charge in [0.2, 0.25) is 0 Å². The zero-order valence-electron chi connectivity index (χ0n) is 8.28. The van der Waals surface area contributed by atoms with Crippen LogP contribution >= 0.6 is 0 Å². The van der Waals surface area contributed by atoms with Gasteiger partial charge in [0.15, 0.2) is 0 Å². The Hall–Kier alpha value is -0.800. The second-order valence-electron chi connectivity index (χ2n) is 4.38. The lowest BCUT2D eigenvalue weighted by Gasteiger charge is -2.22. The van der Waals surface area contributed by atoms with E-state index in [-0.39, 0.29) is 0 Å². The van der Waals surface area contributed by atoms with E-state index in [4.69, 9.17) is 4.42 Å². The SMILES string of the molecule is c1coc(CNC2CN3CCC2C3)c1. The molecule has 2 bridgehead atoms. The van der Waals surface area contributed by atoms with Crippen molar-refractivity contribution in [2.75, 3.05) is 19.6 Å². The number of nitrogens with one attached hydrogen (secondary N) is 1. The van der Waals surface area contributed by atoms with Gasteiger partial charge in [-0.25, -0.2) is 0 Å². The van der Waals surface area contributed by atoms with E-state index in [0.29, 0.717) is 6.04 Å². The minimum Gasteiger partial charge on any atom is -0.468 e. The van der Waals surface area contributed by atoms with Gasteiger partial charge >= 0.3 is 0 Å². The van der Waals surface area contributed by atoms with Gasteiger partial charge in [-0.15, -0.1) is 0 Å². The van der Waals surface area contributed by atoms with Crippen LogP contribution in [0.5, 0.6) is 0 Å². The molecule has 76 valence electrons. The average Bonchev–Trinajstić information content (AvgIpc) is 2.91. The highest BCUT2D eigenvalue weighted by molar-refractivity contribution is 5.00. The molecule has 3 heterocycles. The van der Waals surface area contributed by atoms with Crippen LogP contribution in [0.4, 0.5) is 0 Å². The zero-order chi connectivity index (χ0) is 9.38. The fraction of sp³-hybridized carbons (Fsp3) is 0.636. The Morgan fingerprint density at radius 3 is 3.14 bits per heavy atom. The summed E-state index contributed by atoms with van der Waals surface area (Å²) in [7, 11) is 0. The van der Waals surface area contributed by atoms with Gasteiger partial charge in [0.25, 0.3) is 0 Å². The summed E-state index contributed by atoms with van der Waals surface area (Å²) >= 11 is 0. The third-order valence-electron chi connectivity index (χ3n) is 3.45. The number of fused-ring (bicyclic) bond motifs is 2. The van der Waals surface area contributed by atoms with Crippen molar-refractivity contribution in [2.45, 2.75) is 19.0 Å². The van der Waals surface area contributed by atoms with Gasteiger partial charge < -0.3 is 14.6 Å². The van der Waals surface area contributed by atoms with E-state index >= 15 is 0 Å². The normalized spacial score (nSPS) is 35.3. The van der Waals surface area contributed by atoms with E-state index in [1.165, 1.54) is 26.1 Å². The number of rotatable bonds is 3. The van der Waals surface area contributed by atoms with Crippen LogP contribution in [-0.2, 0) is 6.54 Å². The summed E-state index contributed by atoms with van der Waals surface area (Å²) in [5, 5.41) is 3.58. The molecule has 0 amide bonds. The van der Waals surface area contributed by atoms with Crippen LogP contribution in [0.15, 0.2) is 22.8 Å². The van der Waals surface area contributed by atoms with E-state index < -0.39 is 0 Å². The molecule has 0 aromatic carbocycles. The largest absolute Gasteiger partial charge is 0.468 e. The molecule has 3 nitrogen and oxygen atoms in total.